The molecule has 0 unspecified atom stereocenters. The number of thioether (sulfide) groups is 1. The van der Waals surface area contributed by atoms with Gasteiger partial charge in [-0.25, -0.2) is 9.18 Å². The van der Waals surface area contributed by atoms with Gasteiger partial charge in [0, 0.05) is 17.2 Å². The molecule has 0 spiro atoms. The maximum atomic E-state index is 13.6. The van der Waals surface area contributed by atoms with Gasteiger partial charge in [0.15, 0.2) is 0 Å². The van der Waals surface area contributed by atoms with Gasteiger partial charge in [0.05, 0.1) is 6.61 Å². The van der Waals surface area contributed by atoms with Crippen molar-refractivity contribution < 1.29 is 13.9 Å². The highest BCUT2D eigenvalue weighted by Crippen LogP contribution is 2.24. The lowest BCUT2D eigenvalue weighted by Crippen LogP contribution is -2.19. The van der Waals surface area contributed by atoms with E-state index in [2.05, 4.69) is 20.8 Å². The van der Waals surface area contributed by atoms with E-state index in [1.54, 1.807) is 48.2 Å². The van der Waals surface area contributed by atoms with Crippen LogP contribution in [0.25, 0.3) is 0 Å². The molecule has 3 aromatic rings. The molecule has 6 nitrogen and oxygen atoms in total. The van der Waals surface area contributed by atoms with Gasteiger partial charge in [-0.05, 0) is 42.8 Å². The molecule has 0 saturated carbocycles. The lowest BCUT2D eigenvalue weighted by molar-refractivity contribution is 0.262. The van der Waals surface area contributed by atoms with Gasteiger partial charge < -0.3 is 10.1 Å². The molecule has 0 aliphatic heterocycles. The van der Waals surface area contributed by atoms with Crippen molar-refractivity contribution in [3.8, 4) is 5.75 Å². The number of anilines is 2. The van der Waals surface area contributed by atoms with Crippen LogP contribution in [-0.4, -0.2) is 22.8 Å². The van der Waals surface area contributed by atoms with E-state index in [1.165, 1.54) is 17.4 Å². The van der Waals surface area contributed by atoms with E-state index in [0.29, 0.717) is 34.5 Å². The Kier molecular flexibility index (Phi) is 7.21. The molecule has 9 heteroatoms. The van der Waals surface area contributed by atoms with E-state index in [9.17, 15) is 9.18 Å². The van der Waals surface area contributed by atoms with Gasteiger partial charge in [0.1, 0.15) is 16.6 Å². The minimum absolute atomic E-state index is 0.208. The number of carbonyl (C=O) groups excluding carboxylic acids is 1. The second kappa shape index (κ2) is 10.0. The van der Waals surface area contributed by atoms with E-state index >= 15 is 0 Å². The maximum Gasteiger partial charge on any atom is 0.325 e. The number of benzene rings is 2. The molecular weight excluding hydrogens is 399 g/mol. The summed E-state index contributed by atoms with van der Waals surface area (Å²) in [4.78, 5) is 12.1. The number of ether oxygens (including phenoxy) is 1. The van der Waals surface area contributed by atoms with Crippen molar-refractivity contribution in [3.05, 3.63) is 64.9 Å². The number of nitrogens with zero attached hydrogens (tertiary/aromatic N) is 2. The van der Waals surface area contributed by atoms with Crippen molar-refractivity contribution in [2.75, 3.05) is 17.2 Å². The molecule has 3 rings (SSSR count). The van der Waals surface area contributed by atoms with Crippen molar-refractivity contribution in [3.63, 3.8) is 0 Å². The Morgan fingerprint density at radius 2 is 1.89 bits per heavy atom. The number of rotatable bonds is 8. The van der Waals surface area contributed by atoms with Gasteiger partial charge >= 0.3 is 6.03 Å². The Bertz CT molecular complexity index is 918. The van der Waals surface area contributed by atoms with Gasteiger partial charge in [-0.2, -0.15) is 0 Å². The Morgan fingerprint density at radius 1 is 1.11 bits per heavy atom. The fourth-order valence-corrected chi connectivity index (χ4v) is 4.09. The summed E-state index contributed by atoms with van der Waals surface area (Å²) in [6, 6.07) is 13.4. The number of nitrogens with one attached hydrogen (secondary N) is 2. The quantitative estimate of drug-likeness (QED) is 0.529. The number of amides is 2. The molecule has 0 fully saturated rings. The summed E-state index contributed by atoms with van der Waals surface area (Å²) in [5.41, 5.74) is 1.30. The minimum atomic E-state index is -0.397. The van der Waals surface area contributed by atoms with Crippen molar-refractivity contribution in [1.29, 1.82) is 0 Å². The number of aromatic nitrogens is 2. The zero-order valence-corrected chi connectivity index (χ0v) is 16.8. The molecule has 2 amide bonds. The molecule has 2 N–H and O–H groups in total. The summed E-state index contributed by atoms with van der Waals surface area (Å²) in [5, 5.41) is 14.6. The average Bonchev–Trinajstić information content (AvgIpc) is 3.12. The predicted molar refractivity (Wildman–Crippen MR) is 112 cm³/mol. The van der Waals surface area contributed by atoms with E-state index in [4.69, 9.17) is 4.74 Å². The number of carbonyl (C=O) groups is 1. The van der Waals surface area contributed by atoms with Crippen molar-refractivity contribution >= 4 is 39.9 Å². The van der Waals surface area contributed by atoms with Crippen LogP contribution in [0.15, 0.2) is 48.5 Å². The number of hydrogen-bond donors (Lipinski definition) is 2. The summed E-state index contributed by atoms with van der Waals surface area (Å²) < 4.78 is 19.0. The lowest BCUT2D eigenvalue weighted by atomic mass is 10.2. The van der Waals surface area contributed by atoms with Crippen LogP contribution in [0.1, 0.15) is 17.5 Å². The van der Waals surface area contributed by atoms with E-state index in [1.807, 2.05) is 13.0 Å². The van der Waals surface area contributed by atoms with Gasteiger partial charge in [-0.15, -0.1) is 22.0 Å². The highest BCUT2D eigenvalue weighted by molar-refractivity contribution is 7.97. The minimum Gasteiger partial charge on any atom is -0.494 e. The van der Waals surface area contributed by atoms with E-state index < -0.39 is 6.03 Å². The molecular formula is C19H19FN4O2S2. The normalized spacial score (nSPS) is 10.5. The van der Waals surface area contributed by atoms with Crippen molar-refractivity contribution in [1.82, 2.24) is 10.2 Å². The Morgan fingerprint density at radius 3 is 2.64 bits per heavy atom. The van der Waals surface area contributed by atoms with E-state index in [-0.39, 0.29) is 5.82 Å². The number of urea groups is 1. The standard InChI is InChI=1S/C19H19FN4O2S2/c1-2-26-15-9-7-14(8-10-15)21-18(25)22-19-24-23-17(28-19)12-27-11-13-5-3-4-6-16(13)20/h3-10H,2,11-12H2,1H3,(H2,21,22,24,25). The third-order valence-corrected chi connectivity index (χ3v) is 5.57. The van der Waals surface area contributed by atoms with Gasteiger partial charge in [-0.1, -0.05) is 29.5 Å². The van der Waals surface area contributed by atoms with Crippen LogP contribution in [0, 0.1) is 5.82 Å². The summed E-state index contributed by atoms with van der Waals surface area (Å²) in [5.74, 6) is 1.68. The molecule has 0 aliphatic carbocycles. The Labute approximate surface area is 170 Å². The maximum absolute atomic E-state index is 13.6. The Balaban J connectivity index is 1.45. The lowest BCUT2D eigenvalue weighted by Gasteiger charge is -2.06. The van der Waals surface area contributed by atoms with Crippen LogP contribution in [0.5, 0.6) is 5.75 Å². The molecule has 0 aliphatic rings. The highest BCUT2D eigenvalue weighted by Gasteiger charge is 2.09. The monoisotopic (exact) mass is 418 g/mol. The second-order valence-corrected chi connectivity index (χ2v) is 7.67. The van der Waals surface area contributed by atoms with Gasteiger partial charge in [-0.3, -0.25) is 5.32 Å². The first kappa shape index (κ1) is 20.1. The van der Waals surface area contributed by atoms with E-state index in [0.717, 1.165) is 10.8 Å². The molecule has 2 aromatic carbocycles. The average molecular weight is 419 g/mol. The first-order valence-corrected chi connectivity index (χ1v) is 10.6. The van der Waals surface area contributed by atoms with Gasteiger partial charge in [0.2, 0.25) is 5.13 Å². The molecule has 0 radical (unpaired) electrons. The fourth-order valence-electron chi connectivity index (χ4n) is 2.29. The summed E-state index contributed by atoms with van der Waals surface area (Å²) in [6.07, 6.45) is 0. The van der Waals surface area contributed by atoms with Crippen LogP contribution in [-0.2, 0) is 11.5 Å². The van der Waals surface area contributed by atoms with Crippen LogP contribution in [0.4, 0.5) is 20.0 Å². The number of hydrogen-bond acceptors (Lipinski definition) is 6. The number of halogens is 1. The molecule has 28 heavy (non-hydrogen) atoms. The van der Waals surface area contributed by atoms with Crippen molar-refractivity contribution in [2.45, 2.75) is 18.4 Å². The smallest absolute Gasteiger partial charge is 0.325 e. The molecule has 0 bridgehead atoms. The summed E-state index contributed by atoms with van der Waals surface area (Å²) in [6.45, 7) is 2.50. The molecule has 146 valence electrons. The third kappa shape index (κ3) is 5.93. The topological polar surface area (TPSA) is 76.1 Å². The van der Waals surface area contributed by atoms with Crippen LogP contribution < -0.4 is 15.4 Å². The third-order valence-electron chi connectivity index (χ3n) is 3.55. The molecule has 0 atom stereocenters. The zero-order valence-electron chi connectivity index (χ0n) is 15.1. The fraction of sp³-hybridized carbons (Fsp3) is 0.211. The zero-order chi connectivity index (χ0) is 19.8. The summed E-state index contributed by atoms with van der Waals surface area (Å²) in [7, 11) is 0. The SMILES string of the molecule is CCOc1ccc(NC(=O)Nc2nnc(CSCc3ccccc3F)s2)cc1. The Hall–Kier alpha value is -2.65. The largest absolute Gasteiger partial charge is 0.494 e. The molecule has 1 heterocycles. The molecule has 0 saturated heterocycles. The van der Waals surface area contributed by atoms with Gasteiger partial charge in [0.25, 0.3) is 0 Å². The summed E-state index contributed by atoms with van der Waals surface area (Å²) >= 11 is 2.83. The second-order valence-electron chi connectivity index (χ2n) is 5.62. The molecule has 1 aromatic heterocycles. The highest BCUT2D eigenvalue weighted by atomic mass is 32.2. The predicted octanol–water partition coefficient (Wildman–Crippen LogP) is 5.15. The first-order valence-electron chi connectivity index (χ1n) is 8.58. The first-order chi connectivity index (χ1) is 13.6. The van der Waals surface area contributed by atoms with Crippen LogP contribution in [0.2, 0.25) is 0 Å². The van der Waals surface area contributed by atoms with Crippen molar-refractivity contribution in [2.24, 2.45) is 0 Å². The van der Waals surface area contributed by atoms with Crippen LogP contribution >= 0.6 is 23.1 Å². The van der Waals surface area contributed by atoms with Crippen LogP contribution in [0.3, 0.4) is 0 Å².